The number of ether oxygens (including phenoxy) is 1. The van der Waals surface area contributed by atoms with E-state index in [4.69, 9.17) is 9.84 Å². The Balaban J connectivity index is 1.66. The van der Waals surface area contributed by atoms with Crippen LogP contribution in [0.25, 0.3) is 11.1 Å². The number of aliphatic hydroxyl groups is 1. The summed E-state index contributed by atoms with van der Waals surface area (Å²) in [5, 5.41) is 11.8. The maximum absolute atomic E-state index is 12.2. The molecule has 1 aliphatic carbocycles. The molecule has 0 saturated carbocycles. The molecule has 2 aromatic rings. The minimum absolute atomic E-state index is 0.0443. The van der Waals surface area contributed by atoms with Crippen LogP contribution in [0.1, 0.15) is 43.2 Å². The SMILES string of the molecule is CCC(CCCO)NC(=O)OCC1c2ccccc2-c2ccccc21. The first kappa shape index (κ1) is 17.5. The third-order valence-electron chi connectivity index (χ3n) is 4.87. The summed E-state index contributed by atoms with van der Waals surface area (Å²) in [5.41, 5.74) is 4.87. The van der Waals surface area contributed by atoms with Crippen molar-refractivity contribution in [2.75, 3.05) is 13.2 Å². The molecular weight excluding hydrogens is 314 g/mol. The number of alkyl carbamates (subject to hydrolysis) is 1. The van der Waals surface area contributed by atoms with Crippen molar-refractivity contribution < 1.29 is 14.6 Å². The fourth-order valence-corrected chi connectivity index (χ4v) is 3.52. The lowest BCUT2D eigenvalue weighted by molar-refractivity contribution is 0.137. The highest BCUT2D eigenvalue weighted by Gasteiger charge is 2.29. The largest absolute Gasteiger partial charge is 0.449 e. The second-order valence-corrected chi connectivity index (χ2v) is 6.44. The molecule has 0 heterocycles. The summed E-state index contributed by atoms with van der Waals surface area (Å²) >= 11 is 0. The number of fused-ring (bicyclic) bond motifs is 3. The highest BCUT2D eigenvalue weighted by molar-refractivity contribution is 5.79. The lowest BCUT2D eigenvalue weighted by atomic mass is 9.98. The van der Waals surface area contributed by atoms with E-state index < -0.39 is 0 Å². The van der Waals surface area contributed by atoms with Gasteiger partial charge >= 0.3 is 6.09 Å². The summed E-state index contributed by atoms with van der Waals surface area (Å²) in [4.78, 5) is 12.2. The molecule has 2 aromatic carbocycles. The summed E-state index contributed by atoms with van der Waals surface area (Å²) in [6.45, 7) is 2.49. The number of benzene rings is 2. The Morgan fingerprint density at radius 3 is 2.28 bits per heavy atom. The Kier molecular flexibility index (Phi) is 5.71. The highest BCUT2D eigenvalue weighted by atomic mass is 16.5. The van der Waals surface area contributed by atoms with Crippen molar-refractivity contribution in [3.8, 4) is 11.1 Å². The van der Waals surface area contributed by atoms with Gasteiger partial charge in [0, 0.05) is 18.6 Å². The number of hydrogen-bond donors (Lipinski definition) is 2. The fourth-order valence-electron chi connectivity index (χ4n) is 3.52. The molecule has 0 saturated heterocycles. The fraction of sp³-hybridized carbons (Fsp3) is 0.381. The molecule has 1 amide bonds. The summed E-state index contributed by atoms with van der Waals surface area (Å²) in [5.74, 6) is 0.0793. The van der Waals surface area contributed by atoms with Crippen LogP contribution in [0.2, 0.25) is 0 Å². The van der Waals surface area contributed by atoms with E-state index >= 15 is 0 Å². The van der Waals surface area contributed by atoms with Crippen LogP contribution in [0.3, 0.4) is 0 Å². The Morgan fingerprint density at radius 2 is 1.72 bits per heavy atom. The second kappa shape index (κ2) is 8.17. The van der Waals surface area contributed by atoms with E-state index in [1.165, 1.54) is 22.3 Å². The molecule has 0 spiro atoms. The van der Waals surface area contributed by atoms with Gasteiger partial charge in [-0.1, -0.05) is 55.5 Å². The number of rotatable bonds is 7. The van der Waals surface area contributed by atoms with Crippen LogP contribution in [-0.4, -0.2) is 30.5 Å². The van der Waals surface area contributed by atoms with Gasteiger partial charge in [0.1, 0.15) is 6.61 Å². The quantitative estimate of drug-likeness (QED) is 0.799. The van der Waals surface area contributed by atoms with Gasteiger partial charge in [-0.3, -0.25) is 0 Å². The van der Waals surface area contributed by atoms with Crippen molar-refractivity contribution in [1.82, 2.24) is 5.32 Å². The first-order valence-corrected chi connectivity index (χ1v) is 8.97. The summed E-state index contributed by atoms with van der Waals surface area (Å²) in [6.07, 6.45) is 1.88. The number of carbonyl (C=O) groups excluding carboxylic acids is 1. The van der Waals surface area contributed by atoms with E-state index in [2.05, 4.69) is 29.6 Å². The highest BCUT2D eigenvalue weighted by Crippen LogP contribution is 2.44. The van der Waals surface area contributed by atoms with Gasteiger partial charge in [-0.2, -0.15) is 0 Å². The lowest BCUT2D eigenvalue weighted by Gasteiger charge is -2.18. The monoisotopic (exact) mass is 339 g/mol. The second-order valence-electron chi connectivity index (χ2n) is 6.44. The van der Waals surface area contributed by atoms with Crippen LogP contribution in [0.4, 0.5) is 4.79 Å². The maximum atomic E-state index is 12.2. The molecule has 25 heavy (non-hydrogen) atoms. The molecule has 0 fully saturated rings. The molecule has 1 aliphatic rings. The number of amides is 1. The average molecular weight is 339 g/mol. The van der Waals surface area contributed by atoms with Gasteiger partial charge < -0.3 is 15.2 Å². The number of nitrogens with one attached hydrogen (secondary N) is 1. The van der Waals surface area contributed by atoms with Gasteiger partial charge in [0.2, 0.25) is 0 Å². The minimum Gasteiger partial charge on any atom is -0.449 e. The minimum atomic E-state index is -0.383. The number of carbonyl (C=O) groups is 1. The first-order valence-electron chi connectivity index (χ1n) is 8.97. The van der Waals surface area contributed by atoms with E-state index in [-0.39, 0.29) is 24.7 Å². The third kappa shape index (κ3) is 3.85. The zero-order valence-corrected chi connectivity index (χ0v) is 14.6. The van der Waals surface area contributed by atoms with Gasteiger partial charge in [-0.15, -0.1) is 0 Å². The Morgan fingerprint density at radius 1 is 1.12 bits per heavy atom. The zero-order chi connectivity index (χ0) is 17.6. The van der Waals surface area contributed by atoms with Crippen LogP contribution in [0, 0.1) is 0 Å². The standard InChI is InChI=1S/C21H25NO3/c1-2-15(8-7-13-23)22-21(24)25-14-20-18-11-5-3-9-16(18)17-10-4-6-12-19(17)20/h3-6,9-12,15,20,23H,2,7-8,13-14H2,1H3,(H,22,24). The normalized spacial score (nSPS) is 13.8. The molecule has 4 heteroatoms. The molecule has 4 nitrogen and oxygen atoms in total. The smallest absolute Gasteiger partial charge is 0.407 e. The molecule has 0 radical (unpaired) electrons. The van der Waals surface area contributed by atoms with Crippen molar-refractivity contribution in [2.45, 2.75) is 38.1 Å². The molecule has 0 aromatic heterocycles. The predicted octanol–water partition coefficient (Wildman–Crippen LogP) is 4.08. The number of aliphatic hydroxyl groups excluding tert-OH is 1. The molecule has 3 rings (SSSR count). The van der Waals surface area contributed by atoms with E-state index in [0.717, 1.165) is 12.8 Å². The van der Waals surface area contributed by atoms with Crippen molar-refractivity contribution in [3.05, 3.63) is 59.7 Å². The topological polar surface area (TPSA) is 58.6 Å². The van der Waals surface area contributed by atoms with Gasteiger partial charge in [-0.05, 0) is 41.5 Å². The van der Waals surface area contributed by atoms with Crippen LogP contribution in [-0.2, 0) is 4.74 Å². The summed E-state index contributed by atoms with van der Waals surface area (Å²) in [7, 11) is 0. The molecule has 2 N–H and O–H groups in total. The van der Waals surface area contributed by atoms with Gasteiger partial charge in [0.05, 0.1) is 0 Å². The van der Waals surface area contributed by atoms with Crippen molar-refractivity contribution in [1.29, 1.82) is 0 Å². The summed E-state index contributed by atoms with van der Waals surface area (Å²) < 4.78 is 5.54. The predicted molar refractivity (Wildman–Crippen MR) is 98.6 cm³/mol. The van der Waals surface area contributed by atoms with Crippen molar-refractivity contribution >= 4 is 6.09 Å². The molecule has 0 aliphatic heterocycles. The molecule has 0 bridgehead atoms. The van der Waals surface area contributed by atoms with Gasteiger partial charge in [-0.25, -0.2) is 4.79 Å². The lowest BCUT2D eigenvalue weighted by Crippen LogP contribution is -2.35. The van der Waals surface area contributed by atoms with E-state index in [1.54, 1.807) is 0 Å². The third-order valence-corrected chi connectivity index (χ3v) is 4.87. The van der Waals surface area contributed by atoms with Crippen LogP contribution < -0.4 is 5.32 Å². The van der Waals surface area contributed by atoms with E-state index in [0.29, 0.717) is 13.0 Å². The van der Waals surface area contributed by atoms with Crippen LogP contribution >= 0.6 is 0 Å². The average Bonchev–Trinajstić information content (AvgIpc) is 2.97. The Labute approximate surface area is 148 Å². The van der Waals surface area contributed by atoms with Gasteiger partial charge in [0.25, 0.3) is 0 Å². The van der Waals surface area contributed by atoms with Crippen molar-refractivity contribution in [3.63, 3.8) is 0 Å². The number of hydrogen-bond acceptors (Lipinski definition) is 3. The summed E-state index contributed by atoms with van der Waals surface area (Å²) in [6, 6.07) is 16.6. The molecule has 1 atom stereocenters. The van der Waals surface area contributed by atoms with Crippen molar-refractivity contribution in [2.24, 2.45) is 0 Å². The molecule has 1 unspecified atom stereocenters. The van der Waals surface area contributed by atoms with Gasteiger partial charge in [0.15, 0.2) is 0 Å². The maximum Gasteiger partial charge on any atom is 0.407 e. The first-order chi connectivity index (χ1) is 12.2. The zero-order valence-electron chi connectivity index (χ0n) is 14.6. The Hall–Kier alpha value is -2.33. The molecule has 132 valence electrons. The Bertz CT molecular complexity index is 683. The van der Waals surface area contributed by atoms with Crippen LogP contribution in [0.5, 0.6) is 0 Å². The van der Waals surface area contributed by atoms with E-state index in [1.807, 2.05) is 31.2 Å². The molecular formula is C21H25NO3. The van der Waals surface area contributed by atoms with Crippen LogP contribution in [0.15, 0.2) is 48.5 Å². The van der Waals surface area contributed by atoms with E-state index in [9.17, 15) is 4.79 Å².